The van der Waals surface area contributed by atoms with Crippen molar-refractivity contribution in [2.75, 3.05) is 31.8 Å². The molecule has 0 aliphatic carbocycles. The fourth-order valence-corrected chi connectivity index (χ4v) is 3.69. The predicted octanol–water partition coefficient (Wildman–Crippen LogP) is 1.27. The van der Waals surface area contributed by atoms with Gasteiger partial charge in [0.15, 0.2) is 0 Å². The summed E-state index contributed by atoms with van der Waals surface area (Å²) in [5.41, 5.74) is -0.833. The SMILES string of the molecule is CN(C(=O)C1(C#N)CCOCC1)C1CCSC1. The third kappa shape index (κ3) is 2.43. The Hall–Kier alpha value is -0.730. The molecule has 2 aliphatic heterocycles. The van der Waals surface area contributed by atoms with E-state index in [4.69, 9.17) is 4.74 Å². The predicted molar refractivity (Wildman–Crippen MR) is 66.6 cm³/mol. The van der Waals surface area contributed by atoms with E-state index < -0.39 is 5.41 Å². The third-order valence-electron chi connectivity index (χ3n) is 3.74. The zero-order chi connectivity index (χ0) is 12.3. The summed E-state index contributed by atoms with van der Waals surface area (Å²) in [6.07, 6.45) is 2.12. The van der Waals surface area contributed by atoms with Crippen LogP contribution < -0.4 is 0 Å². The highest BCUT2D eigenvalue weighted by Crippen LogP contribution is 2.33. The molecule has 2 rings (SSSR count). The van der Waals surface area contributed by atoms with Crippen molar-refractivity contribution in [2.45, 2.75) is 25.3 Å². The Kier molecular flexibility index (Phi) is 3.95. The summed E-state index contributed by atoms with van der Waals surface area (Å²) in [4.78, 5) is 14.3. The lowest BCUT2D eigenvalue weighted by Gasteiger charge is -2.35. The van der Waals surface area contributed by atoms with Crippen LogP contribution in [-0.4, -0.2) is 48.6 Å². The van der Waals surface area contributed by atoms with Crippen LogP contribution in [0.3, 0.4) is 0 Å². The molecule has 0 aromatic rings. The first-order valence-electron chi connectivity index (χ1n) is 6.04. The number of nitriles is 1. The molecule has 1 atom stereocenters. The van der Waals surface area contributed by atoms with Crippen LogP contribution in [0.4, 0.5) is 0 Å². The van der Waals surface area contributed by atoms with Crippen LogP contribution in [0.2, 0.25) is 0 Å². The minimum Gasteiger partial charge on any atom is -0.381 e. The number of hydrogen-bond donors (Lipinski definition) is 0. The molecule has 0 spiro atoms. The monoisotopic (exact) mass is 254 g/mol. The second kappa shape index (κ2) is 5.28. The highest BCUT2D eigenvalue weighted by molar-refractivity contribution is 7.99. The van der Waals surface area contributed by atoms with Crippen LogP contribution in [0.5, 0.6) is 0 Å². The van der Waals surface area contributed by atoms with Crippen molar-refractivity contribution in [3.8, 4) is 6.07 Å². The van der Waals surface area contributed by atoms with Gasteiger partial charge in [-0.1, -0.05) is 0 Å². The number of hydrogen-bond acceptors (Lipinski definition) is 4. The van der Waals surface area contributed by atoms with E-state index >= 15 is 0 Å². The molecular formula is C12H18N2O2S. The molecule has 0 N–H and O–H groups in total. The first-order chi connectivity index (χ1) is 8.19. The quantitative estimate of drug-likeness (QED) is 0.744. The van der Waals surface area contributed by atoms with Crippen LogP contribution in [0.15, 0.2) is 0 Å². The molecule has 2 saturated heterocycles. The maximum atomic E-state index is 12.5. The van der Waals surface area contributed by atoms with Crippen LogP contribution in [0.1, 0.15) is 19.3 Å². The second-order valence-corrected chi connectivity index (χ2v) is 5.89. The lowest BCUT2D eigenvalue weighted by atomic mass is 9.80. The van der Waals surface area contributed by atoms with E-state index in [2.05, 4.69) is 6.07 Å². The highest BCUT2D eigenvalue weighted by atomic mass is 32.2. The summed E-state index contributed by atoms with van der Waals surface area (Å²) in [5, 5.41) is 9.35. The number of ether oxygens (including phenoxy) is 1. The first kappa shape index (κ1) is 12.7. The number of rotatable bonds is 2. The molecule has 5 heteroatoms. The summed E-state index contributed by atoms with van der Waals surface area (Å²) in [5.74, 6) is 2.11. The number of thioether (sulfide) groups is 1. The van der Waals surface area contributed by atoms with Crippen LogP contribution in [0.25, 0.3) is 0 Å². The summed E-state index contributed by atoms with van der Waals surface area (Å²) in [6, 6.07) is 2.55. The Labute approximate surface area is 106 Å². The summed E-state index contributed by atoms with van der Waals surface area (Å²) < 4.78 is 5.26. The van der Waals surface area contributed by atoms with Gasteiger partial charge in [0.05, 0.1) is 6.07 Å². The Bertz CT molecular complexity index is 328. The van der Waals surface area contributed by atoms with E-state index in [0.29, 0.717) is 32.1 Å². The third-order valence-corrected chi connectivity index (χ3v) is 4.89. The van der Waals surface area contributed by atoms with E-state index in [1.165, 1.54) is 0 Å². The van der Waals surface area contributed by atoms with Crippen molar-refractivity contribution in [1.29, 1.82) is 5.26 Å². The van der Waals surface area contributed by atoms with Gasteiger partial charge in [0.1, 0.15) is 5.41 Å². The Morgan fingerprint density at radius 2 is 2.24 bits per heavy atom. The van der Waals surface area contributed by atoms with E-state index in [0.717, 1.165) is 17.9 Å². The average molecular weight is 254 g/mol. The molecule has 1 amide bonds. The van der Waals surface area contributed by atoms with Gasteiger partial charge in [-0.15, -0.1) is 0 Å². The summed E-state index contributed by atoms with van der Waals surface area (Å²) in [6.45, 7) is 1.04. The first-order valence-corrected chi connectivity index (χ1v) is 7.19. The molecule has 0 aromatic carbocycles. The molecule has 2 fully saturated rings. The number of amides is 1. The van der Waals surface area contributed by atoms with Crippen molar-refractivity contribution >= 4 is 17.7 Å². The van der Waals surface area contributed by atoms with E-state index in [1.54, 1.807) is 4.90 Å². The van der Waals surface area contributed by atoms with Gasteiger partial charge in [-0.25, -0.2) is 0 Å². The molecule has 0 saturated carbocycles. The number of nitrogens with zero attached hydrogens (tertiary/aromatic N) is 2. The molecule has 0 bridgehead atoms. The Morgan fingerprint density at radius 3 is 2.76 bits per heavy atom. The Morgan fingerprint density at radius 1 is 1.53 bits per heavy atom. The maximum absolute atomic E-state index is 12.5. The largest absolute Gasteiger partial charge is 0.381 e. The van der Waals surface area contributed by atoms with Crippen molar-refractivity contribution in [3.05, 3.63) is 0 Å². The van der Waals surface area contributed by atoms with Crippen LogP contribution in [-0.2, 0) is 9.53 Å². The molecule has 2 heterocycles. The van der Waals surface area contributed by atoms with E-state index in [9.17, 15) is 10.1 Å². The molecule has 17 heavy (non-hydrogen) atoms. The molecule has 0 aromatic heterocycles. The fourth-order valence-electron chi connectivity index (χ4n) is 2.42. The molecular weight excluding hydrogens is 236 g/mol. The number of carbonyl (C=O) groups excluding carboxylic acids is 1. The van der Waals surface area contributed by atoms with Crippen molar-refractivity contribution in [2.24, 2.45) is 5.41 Å². The lowest BCUT2D eigenvalue weighted by Crippen LogP contribution is -2.48. The normalized spacial score (nSPS) is 27.4. The molecule has 94 valence electrons. The van der Waals surface area contributed by atoms with Gasteiger partial charge < -0.3 is 9.64 Å². The van der Waals surface area contributed by atoms with Crippen LogP contribution >= 0.6 is 11.8 Å². The lowest BCUT2D eigenvalue weighted by molar-refractivity contribution is -0.143. The number of carbonyl (C=O) groups is 1. The molecule has 4 nitrogen and oxygen atoms in total. The van der Waals surface area contributed by atoms with Gasteiger partial charge in [-0.05, 0) is 25.0 Å². The molecule has 2 aliphatic rings. The van der Waals surface area contributed by atoms with Gasteiger partial charge >= 0.3 is 0 Å². The van der Waals surface area contributed by atoms with Crippen LogP contribution in [0, 0.1) is 16.7 Å². The topological polar surface area (TPSA) is 53.3 Å². The average Bonchev–Trinajstić information content (AvgIpc) is 2.91. The van der Waals surface area contributed by atoms with Crippen molar-refractivity contribution < 1.29 is 9.53 Å². The minimum atomic E-state index is -0.833. The summed E-state index contributed by atoms with van der Waals surface area (Å²) >= 11 is 1.88. The maximum Gasteiger partial charge on any atom is 0.243 e. The molecule has 1 unspecified atom stereocenters. The summed E-state index contributed by atoms with van der Waals surface area (Å²) in [7, 11) is 1.84. The van der Waals surface area contributed by atoms with E-state index in [1.807, 2.05) is 18.8 Å². The zero-order valence-electron chi connectivity index (χ0n) is 10.1. The minimum absolute atomic E-state index is 0.00389. The van der Waals surface area contributed by atoms with Crippen molar-refractivity contribution in [3.63, 3.8) is 0 Å². The Balaban J connectivity index is 2.08. The standard InChI is InChI=1S/C12H18N2O2S/c1-14(10-2-7-17-8-10)11(15)12(9-13)3-5-16-6-4-12/h10H,2-8H2,1H3. The van der Waals surface area contributed by atoms with E-state index in [-0.39, 0.29) is 5.91 Å². The highest BCUT2D eigenvalue weighted by Gasteiger charge is 2.43. The second-order valence-electron chi connectivity index (χ2n) is 4.74. The van der Waals surface area contributed by atoms with Gasteiger partial charge in [0, 0.05) is 32.1 Å². The van der Waals surface area contributed by atoms with Gasteiger partial charge in [0.2, 0.25) is 5.91 Å². The smallest absolute Gasteiger partial charge is 0.243 e. The van der Waals surface area contributed by atoms with Crippen molar-refractivity contribution in [1.82, 2.24) is 4.90 Å². The molecule has 0 radical (unpaired) electrons. The fraction of sp³-hybridized carbons (Fsp3) is 0.833. The zero-order valence-corrected chi connectivity index (χ0v) is 11.0. The van der Waals surface area contributed by atoms with Gasteiger partial charge in [0.25, 0.3) is 0 Å². The van der Waals surface area contributed by atoms with Gasteiger partial charge in [-0.2, -0.15) is 17.0 Å². The van der Waals surface area contributed by atoms with Gasteiger partial charge in [-0.3, -0.25) is 4.79 Å².